The fourth-order valence-electron chi connectivity index (χ4n) is 10.0. The summed E-state index contributed by atoms with van der Waals surface area (Å²) in [6, 6.07) is 30.9. The Balaban J connectivity index is 1.34. The van der Waals surface area contributed by atoms with Gasteiger partial charge >= 0.3 is 0 Å². The fraction of sp³-hybridized carbons (Fsp3) is 0.442. The monoisotopic (exact) mass is 596 g/mol. The molecule has 0 aliphatic heterocycles. The summed E-state index contributed by atoms with van der Waals surface area (Å²) in [4.78, 5) is 0. The quantitative estimate of drug-likeness (QED) is 0.201. The number of aryl methyl sites for hydroxylation is 1. The minimum atomic E-state index is -1.84. The maximum Gasteiger partial charge on any atom is 0.0635 e. The van der Waals surface area contributed by atoms with Crippen molar-refractivity contribution in [2.24, 2.45) is 17.8 Å². The van der Waals surface area contributed by atoms with Crippen molar-refractivity contribution in [3.63, 3.8) is 0 Å². The molecule has 0 amide bonds. The van der Waals surface area contributed by atoms with Gasteiger partial charge in [0.2, 0.25) is 0 Å². The smallest absolute Gasteiger partial charge is 0.0635 e. The molecule has 0 heterocycles. The zero-order valence-electron chi connectivity index (χ0n) is 28.4. The topological polar surface area (TPSA) is 0 Å². The molecule has 1 heteroatoms. The third kappa shape index (κ3) is 4.77. The second-order valence-corrected chi connectivity index (χ2v) is 21.3. The first-order valence-electron chi connectivity index (χ1n) is 17.4. The molecular formula is C43H52Si. The van der Waals surface area contributed by atoms with Gasteiger partial charge in [0.05, 0.1) is 8.07 Å². The van der Waals surface area contributed by atoms with Crippen LogP contribution in [0.15, 0.2) is 78.9 Å². The lowest BCUT2D eigenvalue weighted by atomic mass is 9.85. The van der Waals surface area contributed by atoms with Gasteiger partial charge in [-0.05, 0) is 128 Å². The zero-order chi connectivity index (χ0) is 31.0. The van der Waals surface area contributed by atoms with Gasteiger partial charge in [0.25, 0.3) is 0 Å². The first-order valence-corrected chi connectivity index (χ1v) is 20.6. The summed E-state index contributed by atoms with van der Waals surface area (Å²) < 4.78 is 0. The highest BCUT2D eigenvalue weighted by atomic mass is 28.3. The number of rotatable bonds is 5. The van der Waals surface area contributed by atoms with Crippen molar-refractivity contribution in [3.8, 4) is 22.3 Å². The van der Waals surface area contributed by atoms with Crippen LogP contribution >= 0.6 is 0 Å². The van der Waals surface area contributed by atoms with Crippen molar-refractivity contribution in [2.75, 3.05) is 0 Å². The summed E-state index contributed by atoms with van der Waals surface area (Å²) in [6.45, 7) is 20.1. The van der Waals surface area contributed by atoms with Crippen molar-refractivity contribution in [3.05, 3.63) is 118 Å². The van der Waals surface area contributed by atoms with Gasteiger partial charge in [-0.2, -0.15) is 0 Å². The van der Waals surface area contributed by atoms with Crippen LogP contribution in [-0.4, -0.2) is 8.07 Å². The Morgan fingerprint density at radius 2 is 1.43 bits per heavy atom. The van der Waals surface area contributed by atoms with Crippen LogP contribution in [0.1, 0.15) is 98.0 Å². The molecule has 4 aromatic carbocycles. The van der Waals surface area contributed by atoms with E-state index in [1.54, 1.807) is 38.9 Å². The summed E-state index contributed by atoms with van der Waals surface area (Å²) >= 11 is 0. The van der Waals surface area contributed by atoms with E-state index in [0.717, 1.165) is 0 Å². The maximum atomic E-state index is 2.78. The number of hydrogen-bond donors (Lipinski definition) is 0. The minimum absolute atomic E-state index is 0.176. The lowest BCUT2D eigenvalue weighted by molar-refractivity contribution is 0.381. The average molecular weight is 597 g/mol. The molecule has 4 aromatic rings. The molecule has 0 bridgehead atoms. The minimum Gasteiger partial charge on any atom is -0.0684 e. The normalized spacial score (nSPS) is 22.8. The molecule has 4 unspecified atom stereocenters. The van der Waals surface area contributed by atoms with E-state index >= 15 is 0 Å². The molecule has 0 saturated carbocycles. The third-order valence-corrected chi connectivity index (χ3v) is 16.8. The van der Waals surface area contributed by atoms with Gasteiger partial charge < -0.3 is 0 Å². The van der Waals surface area contributed by atoms with Gasteiger partial charge in [0, 0.05) is 0 Å². The van der Waals surface area contributed by atoms with Gasteiger partial charge in [0.1, 0.15) is 0 Å². The molecule has 228 valence electrons. The molecule has 0 aromatic heterocycles. The Bertz CT molecular complexity index is 1680. The van der Waals surface area contributed by atoms with Crippen LogP contribution in [0.5, 0.6) is 0 Å². The number of benzene rings is 4. The molecule has 3 aliphatic carbocycles. The van der Waals surface area contributed by atoms with E-state index in [1.165, 1.54) is 54.4 Å². The standard InChI is InChI=1S/C43H52Si/c1-27(2)36-26-37-33(29-20-22-32(23-21-29)43(4,5)6)17-13-19-35(37)42(36)44(7,8)41-28(3)24-38-39(41)25-31-16-12-18-34(31)40(38)30-14-10-9-11-15-30/h9-11,13-15,17,19-23,25,27-28,36,41-42H,12,16,18,24,26H2,1-8H3. The molecular weight excluding hydrogens is 545 g/mol. The van der Waals surface area contributed by atoms with Gasteiger partial charge in [-0.15, -0.1) is 0 Å². The van der Waals surface area contributed by atoms with Gasteiger partial charge in [-0.25, -0.2) is 0 Å². The summed E-state index contributed by atoms with van der Waals surface area (Å²) in [5.74, 6) is 2.08. The predicted molar refractivity (Wildman–Crippen MR) is 192 cm³/mol. The molecule has 7 rings (SSSR count). The molecule has 0 fully saturated rings. The Kier molecular flexibility index (Phi) is 7.36. The van der Waals surface area contributed by atoms with Crippen LogP contribution in [0.25, 0.3) is 22.3 Å². The summed E-state index contributed by atoms with van der Waals surface area (Å²) in [7, 11) is -1.84. The Morgan fingerprint density at radius 1 is 0.705 bits per heavy atom. The SMILES string of the molecule is CC(C)C1Cc2c(-c3ccc(C(C)(C)C)cc3)cccc2C1[Si](C)(C)C1c2cc3c(c(-c4ccccc4)c2CC1C)CCC3. The highest BCUT2D eigenvalue weighted by Crippen LogP contribution is 2.57. The summed E-state index contributed by atoms with van der Waals surface area (Å²) in [5.41, 5.74) is 19.0. The number of fused-ring (bicyclic) bond motifs is 3. The van der Waals surface area contributed by atoms with Crippen molar-refractivity contribution in [1.82, 2.24) is 0 Å². The van der Waals surface area contributed by atoms with Gasteiger partial charge in [0.15, 0.2) is 0 Å². The average Bonchev–Trinajstić information content (AvgIpc) is 3.70. The van der Waals surface area contributed by atoms with Crippen LogP contribution in [0.4, 0.5) is 0 Å². The second-order valence-electron chi connectivity index (χ2n) is 16.4. The first kappa shape index (κ1) is 29.8. The second kappa shape index (κ2) is 10.9. The van der Waals surface area contributed by atoms with E-state index in [9.17, 15) is 0 Å². The van der Waals surface area contributed by atoms with E-state index in [0.29, 0.717) is 28.8 Å². The lowest BCUT2D eigenvalue weighted by Crippen LogP contribution is -2.46. The van der Waals surface area contributed by atoms with Gasteiger partial charge in [-0.3, -0.25) is 0 Å². The van der Waals surface area contributed by atoms with Crippen LogP contribution in [0, 0.1) is 17.8 Å². The van der Waals surface area contributed by atoms with Crippen molar-refractivity contribution < 1.29 is 0 Å². The Labute approximate surface area is 268 Å². The molecule has 0 saturated heterocycles. The summed E-state index contributed by atoms with van der Waals surface area (Å²) in [5, 5.41) is 0. The molecule has 44 heavy (non-hydrogen) atoms. The summed E-state index contributed by atoms with van der Waals surface area (Å²) in [6.07, 6.45) is 6.27. The largest absolute Gasteiger partial charge is 0.0684 e. The highest BCUT2D eigenvalue weighted by Gasteiger charge is 2.53. The van der Waals surface area contributed by atoms with Crippen molar-refractivity contribution in [2.45, 2.75) is 103 Å². The molecule has 0 spiro atoms. The molecule has 4 atom stereocenters. The maximum absolute atomic E-state index is 2.78. The van der Waals surface area contributed by atoms with Crippen LogP contribution in [0.2, 0.25) is 13.1 Å². The highest BCUT2D eigenvalue weighted by molar-refractivity contribution is 6.80. The molecule has 3 aliphatic rings. The fourth-order valence-corrected chi connectivity index (χ4v) is 15.7. The molecule has 0 nitrogen and oxygen atoms in total. The van der Waals surface area contributed by atoms with Crippen LogP contribution in [-0.2, 0) is 31.1 Å². The van der Waals surface area contributed by atoms with Crippen LogP contribution in [0.3, 0.4) is 0 Å². The Morgan fingerprint density at radius 3 is 2.11 bits per heavy atom. The van der Waals surface area contributed by atoms with Crippen molar-refractivity contribution in [1.29, 1.82) is 0 Å². The van der Waals surface area contributed by atoms with Crippen molar-refractivity contribution >= 4 is 8.07 Å². The first-order chi connectivity index (χ1) is 21.0. The zero-order valence-corrected chi connectivity index (χ0v) is 29.4. The molecule has 0 radical (unpaired) electrons. The van der Waals surface area contributed by atoms with E-state index in [2.05, 4.69) is 133 Å². The lowest BCUT2D eigenvalue weighted by Gasteiger charge is -2.43. The Hall–Kier alpha value is -2.90. The van der Waals surface area contributed by atoms with E-state index in [-0.39, 0.29) is 5.41 Å². The predicted octanol–water partition coefficient (Wildman–Crippen LogP) is 11.5. The van der Waals surface area contributed by atoms with E-state index in [4.69, 9.17) is 0 Å². The molecule has 0 N–H and O–H groups in total. The third-order valence-electron chi connectivity index (χ3n) is 12.0. The number of hydrogen-bond acceptors (Lipinski definition) is 0. The van der Waals surface area contributed by atoms with Gasteiger partial charge in [-0.1, -0.05) is 133 Å². The van der Waals surface area contributed by atoms with E-state index < -0.39 is 8.07 Å². The van der Waals surface area contributed by atoms with Crippen LogP contribution < -0.4 is 0 Å². The van der Waals surface area contributed by atoms with E-state index in [1.807, 2.05) is 0 Å².